The predicted octanol–water partition coefficient (Wildman–Crippen LogP) is 2.51. The fourth-order valence-electron chi connectivity index (χ4n) is 1.82. The second kappa shape index (κ2) is 4.62. The summed E-state index contributed by atoms with van der Waals surface area (Å²) in [4.78, 5) is 0. The van der Waals surface area contributed by atoms with Gasteiger partial charge < -0.3 is 10.1 Å². The molecule has 0 bridgehead atoms. The molecule has 1 aromatic carbocycles. The van der Waals surface area contributed by atoms with E-state index in [4.69, 9.17) is 4.74 Å². The first-order chi connectivity index (χ1) is 7.98. The number of alkyl halides is 3. The molecule has 1 aliphatic heterocycles. The fourth-order valence-corrected chi connectivity index (χ4v) is 1.82. The number of morpholine rings is 1. The minimum Gasteiger partial charge on any atom is -0.371 e. The molecule has 0 aliphatic carbocycles. The molecule has 6 heteroatoms. The van der Waals surface area contributed by atoms with Crippen molar-refractivity contribution >= 4 is 0 Å². The molecule has 1 aliphatic rings. The highest BCUT2D eigenvalue weighted by Gasteiger charge is 2.36. The maximum Gasteiger partial charge on any atom is 0.416 e. The molecule has 94 valence electrons. The van der Waals surface area contributed by atoms with Crippen molar-refractivity contribution in [3.8, 4) is 0 Å². The Bertz CT molecular complexity index is 399. The van der Waals surface area contributed by atoms with Crippen molar-refractivity contribution in [1.29, 1.82) is 0 Å². The maximum absolute atomic E-state index is 13.0. The summed E-state index contributed by atoms with van der Waals surface area (Å²) in [7, 11) is 0. The number of halogens is 4. The largest absolute Gasteiger partial charge is 0.416 e. The van der Waals surface area contributed by atoms with E-state index in [-0.39, 0.29) is 12.1 Å². The third kappa shape index (κ3) is 2.76. The smallest absolute Gasteiger partial charge is 0.371 e. The molecule has 0 saturated carbocycles. The lowest BCUT2D eigenvalue weighted by molar-refractivity contribution is -0.139. The highest BCUT2D eigenvalue weighted by atomic mass is 19.4. The molecule has 1 atom stereocenters. The summed E-state index contributed by atoms with van der Waals surface area (Å²) < 4.78 is 56.5. The number of rotatable bonds is 1. The number of hydrogen-bond donors (Lipinski definition) is 1. The van der Waals surface area contributed by atoms with Gasteiger partial charge in [-0.05, 0) is 23.8 Å². The van der Waals surface area contributed by atoms with Gasteiger partial charge >= 0.3 is 6.18 Å². The Kier molecular flexibility index (Phi) is 3.35. The Morgan fingerprint density at radius 2 is 2.06 bits per heavy atom. The first-order valence-electron chi connectivity index (χ1n) is 5.17. The predicted molar refractivity (Wildman–Crippen MR) is 53.0 cm³/mol. The zero-order chi connectivity index (χ0) is 12.5. The molecule has 1 N–H and O–H groups in total. The lowest BCUT2D eigenvalue weighted by atomic mass is 10.0. The molecular weight excluding hydrogens is 238 g/mol. The summed E-state index contributed by atoms with van der Waals surface area (Å²) in [5.74, 6) is -0.692. The molecule has 0 aromatic heterocycles. The van der Waals surface area contributed by atoms with E-state index in [9.17, 15) is 17.6 Å². The molecule has 17 heavy (non-hydrogen) atoms. The van der Waals surface area contributed by atoms with Crippen LogP contribution in [0.3, 0.4) is 0 Å². The van der Waals surface area contributed by atoms with Crippen molar-refractivity contribution in [3.63, 3.8) is 0 Å². The Balaban J connectivity index is 2.39. The van der Waals surface area contributed by atoms with Gasteiger partial charge in [-0.2, -0.15) is 13.2 Å². The lowest BCUT2D eigenvalue weighted by Gasteiger charge is -2.26. The average molecular weight is 249 g/mol. The molecular formula is C11H11F4NO. The highest BCUT2D eigenvalue weighted by molar-refractivity contribution is 5.32. The van der Waals surface area contributed by atoms with Gasteiger partial charge in [-0.25, -0.2) is 4.39 Å². The normalized spacial score (nSPS) is 21.5. The second-order valence-corrected chi connectivity index (χ2v) is 3.79. The third-order valence-electron chi connectivity index (χ3n) is 2.59. The van der Waals surface area contributed by atoms with E-state index in [1.807, 2.05) is 0 Å². The Hall–Kier alpha value is -1.14. The Morgan fingerprint density at radius 3 is 2.65 bits per heavy atom. The third-order valence-corrected chi connectivity index (χ3v) is 2.59. The second-order valence-electron chi connectivity index (χ2n) is 3.79. The molecule has 1 fully saturated rings. The van der Waals surface area contributed by atoms with Crippen LogP contribution in [0, 0.1) is 5.82 Å². The van der Waals surface area contributed by atoms with Crippen LogP contribution < -0.4 is 5.32 Å². The van der Waals surface area contributed by atoms with Crippen LogP contribution in [0.2, 0.25) is 0 Å². The number of benzene rings is 1. The van der Waals surface area contributed by atoms with E-state index >= 15 is 0 Å². The van der Waals surface area contributed by atoms with Crippen molar-refractivity contribution < 1.29 is 22.3 Å². The Morgan fingerprint density at radius 1 is 1.29 bits per heavy atom. The van der Waals surface area contributed by atoms with Gasteiger partial charge in [0.15, 0.2) is 0 Å². The van der Waals surface area contributed by atoms with Gasteiger partial charge in [0.25, 0.3) is 0 Å². The van der Waals surface area contributed by atoms with Crippen molar-refractivity contribution in [2.24, 2.45) is 0 Å². The molecule has 1 saturated heterocycles. The number of nitrogens with one attached hydrogen (secondary N) is 1. The van der Waals surface area contributed by atoms with Crippen LogP contribution in [0.5, 0.6) is 0 Å². The van der Waals surface area contributed by atoms with Gasteiger partial charge in [-0.1, -0.05) is 0 Å². The molecule has 2 rings (SSSR count). The topological polar surface area (TPSA) is 21.3 Å². The van der Waals surface area contributed by atoms with Crippen molar-refractivity contribution in [1.82, 2.24) is 5.32 Å². The quantitative estimate of drug-likeness (QED) is 0.772. The zero-order valence-corrected chi connectivity index (χ0v) is 8.85. The first kappa shape index (κ1) is 12.3. The average Bonchev–Trinajstić information content (AvgIpc) is 2.28. The molecule has 1 aromatic rings. The summed E-state index contributed by atoms with van der Waals surface area (Å²) >= 11 is 0. The van der Waals surface area contributed by atoms with Gasteiger partial charge in [0.2, 0.25) is 0 Å². The lowest BCUT2D eigenvalue weighted by Crippen LogP contribution is -2.34. The van der Waals surface area contributed by atoms with E-state index < -0.39 is 23.7 Å². The minimum absolute atomic E-state index is 0.148. The summed E-state index contributed by atoms with van der Waals surface area (Å²) in [6, 6.07) is 2.45. The first-order valence-corrected chi connectivity index (χ1v) is 5.17. The summed E-state index contributed by atoms with van der Waals surface area (Å²) in [6.45, 7) is 1.16. The van der Waals surface area contributed by atoms with E-state index in [0.29, 0.717) is 13.2 Å². The standard InChI is InChI=1S/C11H11F4NO/c12-7-1-2-9(11(13,14)15)8(5-7)10-6-16-3-4-17-10/h1-2,5,10,16H,3-4,6H2. The van der Waals surface area contributed by atoms with Crippen LogP contribution in [0.15, 0.2) is 18.2 Å². The van der Waals surface area contributed by atoms with Gasteiger partial charge in [0.1, 0.15) is 5.82 Å². The van der Waals surface area contributed by atoms with Gasteiger partial charge in [0.05, 0.1) is 18.3 Å². The van der Waals surface area contributed by atoms with Crippen molar-refractivity contribution in [2.45, 2.75) is 12.3 Å². The monoisotopic (exact) mass is 249 g/mol. The van der Waals surface area contributed by atoms with Crippen molar-refractivity contribution in [3.05, 3.63) is 35.1 Å². The van der Waals surface area contributed by atoms with Crippen molar-refractivity contribution in [2.75, 3.05) is 19.7 Å². The van der Waals surface area contributed by atoms with Crippen LogP contribution >= 0.6 is 0 Å². The van der Waals surface area contributed by atoms with Gasteiger partial charge in [0, 0.05) is 13.1 Å². The van der Waals surface area contributed by atoms with Gasteiger partial charge in [-0.15, -0.1) is 0 Å². The summed E-state index contributed by atoms with van der Waals surface area (Å²) in [5, 5.41) is 2.92. The molecule has 0 radical (unpaired) electrons. The molecule has 1 heterocycles. The van der Waals surface area contributed by atoms with E-state index in [1.165, 1.54) is 0 Å². The van der Waals surface area contributed by atoms with Crippen LogP contribution in [0.4, 0.5) is 17.6 Å². The molecule has 1 unspecified atom stereocenters. The van der Waals surface area contributed by atoms with Gasteiger partial charge in [-0.3, -0.25) is 0 Å². The zero-order valence-electron chi connectivity index (χ0n) is 8.85. The summed E-state index contributed by atoms with van der Waals surface area (Å²) in [6.07, 6.45) is -5.25. The van der Waals surface area contributed by atoms with E-state index in [1.54, 1.807) is 0 Å². The van der Waals surface area contributed by atoms with E-state index in [2.05, 4.69) is 5.32 Å². The number of hydrogen-bond acceptors (Lipinski definition) is 2. The van der Waals surface area contributed by atoms with Crippen LogP contribution in [0.1, 0.15) is 17.2 Å². The fraction of sp³-hybridized carbons (Fsp3) is 0.455. The number of ether oxygens (including phenoxy) is 1. The SMILES string of the molecule is Fc1ccc(C(F)(F)F)c(C2CNCCO2)c1. The molecule has 0 spiro atoms. The Labute approximate surface area is 95.6 Å². The van der Waals surface area contributed by atoms with E-state index in [0.717, 1.165) is 18.2 Å². The summed E-state index contributed by atoms with van der Waals surface area (Å²) in [5.41, 5.74) is -0.989. The highest BCUT2D eigenvalue weighted by Crippen LogP contribution is 2.36. The van der Waals surface area contributed by atoms with Crippen LogP contribution in [-0.4, -0.2) is 19.7 Å². The molecule has 0 amide bonds. The van der Waals surface area contributed by atoms with Crippen LogP contribution in [0.25, 0.3) is 0 Å². The minimum atomic E-state index is -4.50. The van der Waals surface area contributed by atoms with Crippen LogP contribution in [-0.2, 0) is 10.9 Å². The molecule has 2 nitrogen and oxygen atoms in total. The maximum atomic E-state index is 13.0.